The molecule has 1 aliphatic rings. The van der Waals surface area contributed by atoms with E-state index in [0.717, 1.165) is 25.1 Å². The standard InChI is InChI=1S/C17H20N4O2/c1-23-15-9-10-18-17(20-15)21-11-5-6-13(12-21)16(22)19-14-7-3-2-4-8-14/h2-4,7-10,13H,5-6,11-12H2,1H3,(H,19,22)/t13-/m0/s1. The predicted octanol–water partition coefficient (Wildman–Crippen LogP) is 2.34. The van der Waals surface area contributed by atoms with Gasteiger partial charge in [0.2, 0.25) is 17.7 Å². The quantitative estimate of drug-likeness (QED) is 0.938. The van der Waals surface area contributed by atoms with Gasteiger partial charge >= 0.3 is 0 Å². The Hall–Kier alpha value is -2.63. The number of nitrogens with zero attached hydrogens (tertiary/aromatic N) is 3. The van der Waals surface area contributed by atoms with Crippen molar-refractivity contribution in [2.24, 2.45) is 5.92 Å². The van der Waals surface area contributed by atoms with Crippen LogP contribution in [0.25, 0.3) is 0 Å². The van der Waals surface area contributed by atoms with Crippen LogP contribution in [-0.2, 0) is 4.79 Å². The van der Waals surface area contributed by atoms with Crippen molar-refractivity contribution in [2.45, 2.75) is 12.8 Å². The van der Waals surface area contributed by atoms with E-state index in [1.165, 1.54) is 0 Å². The molecule has 6 heteroatoms. The maximum Gasteiger partial charge on any atom is 0.229 e. The maximum absolute atomic E-state index is 12.5. The minimum absolute atomic E-state index is 0.0452. The van der Waals surface area contributed by atoms with Crippen LogP contribution in [0, 0.1) is 5.92 Å². The lowest BCUT2D eigenvalue weighted by atomic mass is 9.97. The van der Waals surface area contributed by atoms with Crippen LogP contribution in [0.2, 0.25) is 0 Å². The summed E-state index contributed by atoms with van der Waals surface area (Å²) in [7, 11) is 1.58. The molecular formula is C17H20N4O2. The molecule has 2 aromatic rings. The van der Waals surface area contributed by atoms with Crippen molar-refractivity contribution >= 4 is 17.5 Å². The van der Waals surface area contributed by atoms with Crippen LogP contribution in [0.1, 0.15) is 12.8 Å². The zero-order valence-electron chi connectivity index (χ0n) is 13.1. The van der Waals surface area contributed by atoms with Crippen LogP contribution in [0.15, 0.2) is 42.6 Å². The average molecular weight is 312 g/mol. The van der Waals surface area contributed by atoms with E-state index in [0.29, 0.717) is 18.4 Å². The van der Waals surface area contributed by atoms with Crippen molar-refractivity contribution in [1.29, 1.82) is 0 Å². The fourth-order valence-electron chi connectivity index (χ4n) is 2.74. The lowest BCUT2D eigenvalue weighted by Gasteiger charge is -2.32. The summed E-state index contributed by atoms with van der Waals surface area (Å²) in [6.45, 7) is 1.47. The second-order valence-corrected chi connectivity index (χ2v) is 5.54. The van der Waals surface area contributed by atoms with Gasteiger partial charge in [0.15, 0.2) is 0 Å². The number of benzene rings is 1. The van der Waals surface area contributed by atoms with E-state index < -0.39 is 0 Å². The highest BCUT2D eigenvalue weighted by molar-refractivity contribution is 5.93. The first-order valence-electron chi connectivity index (χ1n) is 7.74. The summed E-state index contributed by atoms with van der Waals surface area (Å²) in [5.74, 6) is 1.12. The van der Waals surface area contributed by atoms with E-state index in [2.05, 4.69) is 15.3 Å². The Balaban J connectivity index is 1.66. The number of carbonyl (C=O) groups excluding carboxylic acids is 1. The largest absolute Gasteiger partial charge is 0.481 e. The van der Waals surface area contributed by atoms with Crippen LogP contribution in [0.5, 0.6) is 5.88 Å². The number of hydrogen-bond acceptors (Lipinski definition) is 5. The molecule has 2 heterocycles. The number of hydrogen-bond donors (Lipinski definition) is 1. The Kier molecular flexibility index (Phi) is 4.71. The van der Waals surface area contributed by atoms with Gasteiger partial charge in [-0.25, -0.2) is 4.98 Å². The van der Waals surface area contributed by atoms with Crippen LogP contribution < -0.4 is 15.0 Å². The van der Waals surface area contributed by atoms with Crippen molar-refractivity contribution in [3.63, 3.8) is 0 Å². The molecule has 23 heavy (non-hydrogen) atoms. The van der Waals surface area contributed by atoms with Crippen LogP contribution in [-0.4, -0.2) is 36.1 Å². The molecule has 1 atom stereocenters. The first-order valence-corrected chi connectivity index (χ1v) is 7.74. The lowest BCUT2D eigenvalue weighted by molar-refractivity contribution is -0.120. The number of piperidine rings is 1. The van der Waals surface area contributed by atoms with E-state index in [-0.39, 0.29) is 11.8 Å². The normalized spacial score (nSPS) is 17.6. The van der Waals surface area contributed by atoms with Gasteiger partial charge in [0, 0.05) is 31.0 Å². The summed E-state index contributed by atoms with van der Waals surface area (Å²) in [5.41, 5.74) is 0.826. The van der Waals surface area contributed by atoms with E-state index in [1.54, 1.807) is 19.4 Å². The molecule has 120 valence electrons. The Bertz CT molecular complexity index is 663. The number of methoxy groups -OCH3 is 1. The molecule has 1 aromatic carbocycles. The molecule has 6 nitrogen and oxygen atoms in total. The zero-order valence-corrected chi connectivity index (χ0v) is 13.1. The monoisotopic (exact) mass is 312 g/mol. The van der Waals surface area contributed by atoms with Crippen LogP contribution >= 0.6 is 0 Å². The Labute approximate surface area is 135 Å². The zero-order chi connectivity index (χ0) is 16.1. The molecule has 1 saturated heterocycles. The number of nitrogens with one attached hydrogen (secondary N) is 1. The summed E-state index contributed by atoms with van der Waals surface area (Å²) in [6, 6.07) is 11.2. The Morgan fingerprint density at radius 2 is 2.13 bits per heavy atom. The van der Waals surface area contributed by atoms with E-state index in [9.17, 15) is 4.79 Å². The molecular weight excluding hydrogens is 292 g/mol. The van der Waals surface area contributed by atoms with Gasteiger partial charge in [-0.15, -0.1) is 0 Å². The Morgan fingerprint density at radius 3 is 2.91 bits per heavy atom. The fraction of sp³-hybridized carbons (Fsp3) is 0.353. The van der Waals surface area contributed by atoms with Crippen molar-refractivity contribution in [2.75, 3.05) is 30.4 Å². The summed E-state index contributed by atoms with van der Waals surface area (Å²) >= 11 is 0. The SMILES string of the molecule is COc1ccnc(N2CCC[C@H](C(=O)Nc3ccccc3)C2)n1. The molecule has 0 saturated carbocycles. The first-order chi connectivity index (χ1) is 11.3. The predicted molar refractivity (Wildman–Crippen MR) is 88.6 cm³/mol. The maximum atomic E-state index is 12.5. The fourth-order valence-corrected chi connectivity index (χ4v) is 2.74. The second kappa shape index (κ2) is 7.09. The van der Waals surface area contributed by atoms with Gasteiger partial charge in [0.25, 0.3) is 0 Å². The molecule has 3 rings (SSSR count). The van der Waals surface area contributed by atoms with Crippen molar-refractivity contribution in [1.82, 2.24) is 9.97 Å². The van der Waals surface area contributed by atoms with Gasteiger partial charge in [-0.05, 0) is 25.0 Å². The smallest absolute Gasteiger partial charge is 0.229 e. The molecule has 1 N–H and O–H groups in total. The number of anilines is 2. The molecule has 1 aromatic heterocycles. The Morgan fingerprint density at radius 1 is 1.30 bits per heavy atom. The molecule has 1 fully saturated rings. The van der Waals surface area contributed by atoms with Gasteiger partial charge < -0.3 is 15.0 Å². The molecule has 0 spiro atoms. The average Bonchev–Trinajstić information content (AvgIpc) is 2.63. The third-order valence-electron chi connectivity index (χ3n) is 3.94. The number of amides is 1. The molecule has 0 aliphatic carbocycles. The highest BCUT2D eigenvalue weighted by Crippen LogP contribution is 2.22. The minimum Gasteiger partial charge on any atom is -0.481 e. The summed E-state index contributed by atoms with van der Waals surface area (Å²) < 4.78 is 5.14. The van der Waals surface area contributed by atoms with Crippen molar-refractivity contribution in [3.8, 4) is 5.88 Å². The number of rotatable bonds is 4. The summed E-state index contributed by atoms with van der Waals surface area (Å²) in [5, 5.41) is 2.98. The molecule has 0 radical (unpaired) electrons. The van der Waals surface area contributed by atoms with Gasteiger partial charge in [-0.1, -0.05) is 18.2 Å². The minimum atomic E-state index is -0.0706. The van der Waals surface area contributed by atoms with Gasteiger partial charge in [-0.3, -0.25) is 4.79 Å². The van der Waals surface area contributed by atoms with Gasteiger partial charge in [0.05, 0.1) is 13.0 Å². The molecule has 1 aliphatic heterocycles. The molecule has 0 unspecified atom stereocenters. The number of para-hydroxylation sites is 1. The van der Waals surface area contributed by atoms with E-state index in [1.807, 2.05) is 35.2 Å². The van der Waals surface area contributed by atoms with Crippen molar-refractivity contribution in [3.05, 3.63) is 42.6 Å². The topological polar surface area (TPSA) is 67.3 Å². The lowest BCUT2D eigenvalue weighted by Crippen LogP contribution is -2.41. The summed E-state index contributed by atoms with van der Waals surface area (Å²) in [4.78, 5) is 23.2. The van der Waals surface area contributed by atoms with Crippen LogP contribution in [0.4, 0.5) is 11.6 Å². The molecule has 0 bridgehead atoms. The van der Waals surface area contributed by atoms with Crippen LogP contribution in [0.3, 0.4) is 0 Å². The number of carbonyl (C=O) groups is 1. The molecule has 1 amide bonds. The highest BCUT2D eigenvalue weighted by Gasteiger charge is 2.27. The van der Waals surface area contributed by atoms with Gasteiger partial charge in [0.1, 0.15) is 0 Å². The summed E-state index contributed by atoms with van der Waals surface area (Å²) in [6.07, 6.45) is 3.49. The highest BCUT2D eigenvalue weighted by atomic mass is 16.5. The third-order valence-corrected chi connectivity index (χ3v) is 3.94. The second-order valence-electron chi connectivity index (χ2n) is 5.54. The first kappa shape index (κ1) is 15.3. The number of ether oxygens (including phenoxy) is 1. The van der Waals surface area contributed by atoms with Crippen molar-refractivity contribution < 1.29 is 9.53 Å². The van der Waals surface area contributed by atoms with Gasteiger partial charge in [-0.2, -0.15) is 4.98 Å². The number of aromatic nitrogens is 2. The van der Waals surface area contributed by atoms with E-state index >= 15 is 0 Å². The van der Waals surface area contributed by atoms with E-state index in [4.69, 9.17) is 4.74 Å². The third kappa shape index (κ3) is 3.77.